The molecule has 2 rings (SSSR count). The maximum atomic E-state index is 4.85. The molecule has 0 aromatic rings. The zero-order chi connectivity index (χ0) is 16.5. The molecule has 0 aromatic carbocycles. The molecule has 2 atom stereocenters. The van der Waals surface area contributed by atoms with Crippen LogP contribution in [0.4, 0.5) is 0 Å². The standard InChI is InChI=1S/C19H38N4.HI/c1-4-7-8-16(5-2)13-21-19(20-6-3)22-14-17-11-12-23(15-17)18-9-10-18;/h16-18H,4-15H2,1-3H3,(H2,20,21,22);1H. The molecule has 142 valence electrons. The van der Waals surface area contributed by atoms with Gasteiger partial charge in [-0.15, -0.1) is 24.0 Å². The second-order valence-corrected chi connectivity index (χ2v) is 7.40. The molecule has 1 saturated carbocycles. The molecule has 0 spiro atoms. The van der Waals surface area contributed by atoms with Gasteiger partial charge in [0.1, 0.15) is 0 Å². The van der Waals surface area contributed by atoms with E-state index in [2.05, 4.69) is 36.3 Å². The minimum absolute atomic E-state index is 0. The zero-order valence-electron chi connectivity index (χ0n) is 16.0. The van der Waals surface area contributed by atoms with Gasteiger partial charge < -0.3 is 15.5 Å². The monoisotopic (exact) mass is 450 g/mol. The van der Waals surface area contributed by atoms with Gasteiger partial charge >= 0.3 is 0 Å². The van der Waals surface area contributed by atoms with Crippen molar-refractivity contribution >= 4 is 29.9 Å². The van der Waals surface area contributed by atoms with Crippen molar-refractivity contribution in [3.63, 3.8) is 0 Å². The number of rotatable bonds is 10. The molecule has 1 saturated heterocycles. The van der Waals surface area contributed by atoms with Gasteiger partial charge in [-0.1, -0.05) is 33.1 Å². The quantitative estimate of drug-likeness (QED) is 0.302. The van der Waals surface area contributed by atoms with E-state index in [1.54, 1.807) is 0 Å². The van der Waals surface area contributed by atoms with Gasteiger partial charge in [-0.25, -0.2) is 0 Å². The van der Waals surface area contributed by atoms with Crippen LogP contribution in [0.1, 0.15) is 65.7 Å². The summed E-state index contributed by atoms with van der Waals surface area (Å²) in [5, 5.41) is 7.00. The molecule has 2 aliphatic rings. The largest absolute Gasteiger partial charge is 0.357 e. The Morgan fingerprint density at radius 1 is 1.17 bits per heavy atom. The molecule has 4 nitrogen and oxygen atoms in total. The van der Waals surface area contributed by atoms with E-state index in [0.29, 0.717) is 0 Å². The third kappa shape index (κ3) is 7.89. The topological polar surface area (TPSA) is 39.7 Å². The van der Waals surface area contributed by atoms with Crippen LogP contribution in [0.5, 0.6) is 0 Å². The second kappa shape index (κ2) is 12.3. The highest BCUT2D eigenvalue weighted by molar-refractivity contribution is 14.0. The first-order valence-electron chi connectivity index (χ1n) is 10.0. The number of unbranched alkanes of at least 4 members (excludes halogenated alkanes) is 1. The highest BCUT2D eigenvalue weighted by Crippen LogP contribution is 2.31. The summed E-state index contributed by atoms with van der Waals surface area (Å²) in [6.45, 7) is 12.3. The Balaban J connectivity index is 0.00000288. The second-order valence-electron chi connectivity index (χ2n) is 7.40. The molecule has 0 aromatic heterocycles. The van der Waals surface area contributed by atoms with Gasteiger partial charge in [-0.3, -0.25) is 4.99 Å². The van der Waals surface area contributed by atoms with E-state index >= 15 is 0 Å². The van der Waals surface area contributed by atoms with Gasteiger partial charge in [0, 0.05) is 32.2 Å². The normalized spacial score (nSPS) is 23.0. The number of likely N-dealkylation sites (tertiary alicyclic amines) is 1. The summed E-state index contributed by atoms with van der Waals surface area (Å²) in [7, 11) is 0. The van der Waals surface area contributed by atoms with Crippen LogP contribution < -0.4 is 10.6 Å². The van der Waals surface area contributed by atoms with Crippen LogP contribution in [0.25, 0.3) is 0 Å². The number of halogens is 1. The van der Waals surface area contributed by atoms with Gasteiger partial charge in [-0.05, 0) is 51.0 Å². The first-order valence-corrected chi connectivity index (χ1v) is 10.0. The fraction of sp³-hybridized carbons (Fsp3) is 0.947. The van der Waals surface area contributed by atoms with Crippen molar-refractivity contribution in [3.05, 3.63) is 0 Å². The molecule has 24 heavy (non-hydrogen) atoms. The van der Waals surface area contributed by atoms with Crippen molar-refractivity contribution in [1.29, 1.82) is 0 Å². The van der Waals surface area contributed by atoms with E-state index in [4.69, 9.17) is 4.99 Å². The van der Waals surface area contributed by atoms with E-state index in [1.807, 2.05) is 0 Å². The summed E-state index contributed by atoms with van der Waals surface area (Å²) in [6.07, 6.45) is 9.38. The number of nitrogens with zero attached hydrogens (tertiary/aromatic N) is 2. The summed E-state index contributed by atoms with van der Waals surface area (Å²) in [6, 6.07) is 0.922. The van der Waals surface area contributed by atoms with Crippen molar-refractivity contribution in [2.45, 2.75) is 71.8 Å². The highest BCUT2D eigenvalue weighted by atomic mass is 127. The van der Waals surface area contributed by atoms with Gasteiger partial charge in [0.25, 0.3) is 0 Å². The van der Waals surface area contributed by atoms with Crippen LogP contribution in [-0.4, -0.2) is 49.6 Å². The number of guanidine groups is 1. The Morgan fingerprint density at radius 2 is 1.96 bits per heavy atom. The average molecular weight is 450 g/mol. The van der Waals surface area contributed by atoms with Crippen LogP contribution >= 0.6 is 24.0 Å². The van der Waals surface area contributed by atoms with Crippen LogP contribution in [0.2, 0.25) is 0 Å². The van der Waals surface area contributed by atoms with E-state index in [-0.39, 0.29) is 24.0 Å². The fourth-order valence-corrected chi connectivity index (χ4v) is 3.52. The SMILES string of the molecule is CCCCC(CC)CN=C(NCC)NCC1CCN(C2CC2)C1.I. The smallest absolute Gasteiger partial charge is 0.191 e. The minimum atomic E-state index is 0. The molecule has 2 N–H and O–H groups in total. The lowest BCUT2D eigenvalue weighted by Gasteiger charge is -2.18. The van der Waals surface area contributed by atoms with Crippen LogP contribution in [0.3, 0.4) is 0 Å². The van der Waals surface area contributed by atoms with Gasteiger partial charge in [0.15, 0.2) is 5.96 Å². The van der Waals surface area contributed by atoms with Crippen molar-refractivity contribution in [2.75, 3.05) is 32.7 Å². The zero-order valence-corrected chi connectivity index (χ0v) is 18.4. The van der Waals surface area contributed by atoms with Crippen LogP contribution in [0, 0.1) is 11.8 Å². The molecular formula is C19H39IN4. The van der Waals surface area contributed by atoms with Crippen LogP contribution in [0.15, 0.2) is 4.99 Å². The summed E-state index contributed by atoms with van der Waals surface area (Å²) in [4.78, 5) is 7.53. The summed E-state index contributed by atoms with van der Waals surface area (Å²) >= 11 is 0. The third-order valence-corrected chi connectivity index (χ3v) is 5.33. The Labute approximate surface area is 166 Å². The van der Waals surface area contributed by atoms with E-state index in [9.17, 15) is 0 Å². The van der Waals surface area contributed by atoms with Gasteiger partial charge in [-0.2, -0.15) is 0 Å². The fourth-order valence-electron chi connectivity index (χ4n) is 3.52. The summed E-state index contributed by atoms with van der Waals surface area (Å²) in [5.41, 5.74) is 0. The molecule has 0 bridgehead atoms. The maximum Gasteiger partial charge on any atom is 0.191 e. The molecule has 1 heterocycles. The Hall–Kier alpha value is -0.0400. The highest BCUT2D eigenvalue weighted by Gasteiger charge is 2.34. The first-order chi connectivity index (χ1) is 11.3. The number of nitrogens with one attached hydrogen (secondary N) is 2. The number of hydrogen-bond acceptors (Lipinski definition) is 2. The van der Waals surface area contributed by atoms with E-state index in [0.717, 1.165) is 43.5 Å². The number of aliphatic imine (C=N–C) groups is 1. The van der Waals surface area contributed by atoms with Crippen molar-refractivity contribution < 1.29 is 0 Å². The predicted molar refractivity (Wildman–Crippen MR) is 115 cm³/mol. The Morgan fingerprint density at radius 3 is 2.58 bits per heavy atom. The van der Waals surface area contributed by atoms with Crippen molar-refractivity contribution in [1.82, 2.24) is 15.5 Å². The average Bonchev–Trinajstić information content (AvgIpc) is 3.31. The lowest BCUT2D eigenvalue weighted by molar-refractivity contribution is 0.314. The molecule has 5 heteroatoms. The molecule has 1 aliphatic heterocycles. The summed E-state index contributed by atoms with van der Waals surface area (Å²) < 4.78 is 0. The molecule has 2 fully saturated rings. The van der Waals surface area contributed by atoms with Gasteiger partial charge in [0.2, 0.25) is 0 Å². The first kappa shape index (κ1) is 22.0. The lowest BCUT2D eigenvalue weighted by atomic mass is 10.00. The van der Waals surface area contributed by atoms with E-state index < -0.39 is 0 Å². The van der Waals surface area contributed by atoms with Crippen molar-refractivity contribution in [2.24, 2.45) is 16.8 Å². The van der Waals surface area contributed by atoms with Crippen molar-refractivity contribution in [3.8, 4) is 0 Å². The molecule has 0 radical (unpaired) electrons. The molecule has 2 unspecified atom stereocenters. The summed E-state index contributed by atoms with van der Waals surface area (Å²) in [5.74, 6) is 2.55. The maximum absolute atomic E-state index is 4.85. The molecule has 0 amide bonds. The van der Waals surface area contributed by atoms with Gasteiger partial charge in [0.05, 0.1) is 0 Å². The lowest BCUT2D eigenvalue weighted by Crippen LogP contribution is -2.40. The third-order valence-electron chi connectivity index (χ3n) is 5.33. The molecular weight excluding hydrogens is 411 g/mol. The minimum Gasteiger partial charge on any atom is -0.357 e. The predicted octanol–water partition coefficient (Wildman–Crippen LogP) is 3.86. The molecule has 1 aliphatic carbocycles. The van der Waals surface area contributed by atoms with E-state index in [1.165, 1.54) is 58.0 Å². The Bertz CT molecular complexity index is 357. The Kier molecular flexibility index (Phi) is 11.3. The number of hydrogen-bond donors (Lipinski definition) is 2. The van der Waals surface area contributed by atoms with Crippen LogP contribution in [-0.2, 0) is 0 Å².